The van der Waals surface area contributed by atoms with Crippen LogP contribution in [-0.2, 0) is 5.41 Å². The van der Waals surface area contributed by atoms with Crippen molar-refractivity contribution in [1.29, 1.82) is 0 Å². The Kier molecular flexibility index (Phi) is 5.80. The van der Waals surface area contributed by atoms with Crippen LogP contribution in [0.2, 0.25) is 0 Å². The number of nitrogens with two attached hydrogens (primary N) is 1. The van der Waals surface area contributed by atoms with E-state index in [9.17, 15) is 0 Å². The minimum absolute atomic E-state index is 0.0828. The van der Waals surface area contributed by atoms with Gasteiger partial charge in [-0.3, -0.25) is 0 Å². The smallest absolute Gasteiger partial charge is 0.123 e. The highest BCUT2D eigenvalue weighted by molar-refractivity contribution is 7.80. The zero-order chi connectivity index (χ0) is 16.3. The van der Waals surface area contributed by atoms with E-state index >= 15 is 0 Å². The molecule has 2 N–H and O–H groups in total. The van der Waals surface area contributed by atoms with E-state index in [0.29, 0.717) is 11.6 Å². The highest BCUT2D eigenvalue weighted by Gasteiger charge is 2.22. The molecule has 0 spiro atoms. The highest BCUT2D eigenvalue weighted by Crippen LogP contribution is 2.32. The van der Waals surface area contributed by atoms with Gasteiger partial charge >= 0.3 is 0 Å². The molecule has 0 atom stereocenters. The Balaban J connectivity index is 2.67. The lowest BCUT2D eigenvalue weighted by Gasteiger charge is -2.25. The van der Waals surface area contributed by atoms with Crippen molar-refractivity contribution in [1.82, 2.24) is 0 Å². The van der Waals surface area contributed by atoms with Crippen LogP contribution in [0.4, 0.5) is 0 Å². The third-order valence-electron chi connectivity index (χ3n) is 3.81. The predicted octanol–water partition coefficient (Wildman–Crippen LogP) is 4.76. The zero-order valence-corrected chi connectivity index (χ0v) is 15.1. The van der Waals surface area contributed by atoms with Gasteiger partial charge in [0, 0.05) is 5.41 Å². The molecule has 0 saturated carbocycles. The molecule has 0 fully saturated rings. The molecule has 1 aromatic rings. The van der Waals surface area contributed by atoms with Crippen LogP contribution in [0.3, 0.4) is 0 Å². The molecule has 0 aliphatic rings. The Morgan fingerprint density at radius 3 is 2.33 bits per heavy atom. The first kappa shape index (κ1) is 18.0. The molecule has 0 amide bonds. The molecule has 118 valence electrons. The van der Waals surface area contributed by atoms with Gasteiger partial charge < -0.3 is 10.5 Å². The maximum Gasteiger partial charge on any atom is 0.123 e. The molecule has 1 aromatic carbocycles. The summed E-state index contributed by atoms with van der Waals surface area (Å²) in [7, 11) is 0. The fraction of sp³-hybridized carbons (Fsp3) is 0.611. The summed E-state index contributed by atoms with van der Waals surface area (Å²) in [6, 6.07) is 6.40. The molecule has 0 saturated heterocycles. The van der Waals surface area contributed by atoms with Gasteiger partial charge in [-0.15, -0.1) is 0 Å². The fourth-order valence-electron chi connectivity index (χ4n) is 2.18. The van der Waals surface area contributed by atoms with Crippen molar-refractivity contribution >= 4 is 17.2 Å². The molecule has 3 heteroatoms. The Morgan fingerprint density at radius 2 is 1.81 bits per heavy atom. The first-order valence-corrected chi connectivity index (χ1v) is 7.99. The topological polar surface area (TPSA) is 35.2 Å². The maximum absolute atomic E-state index is 6.01. The normalized spacial score (nSPS) is 12.3. The second-order valence-corrected chi connectivity index (χ2v) is 7.89. The molecule has 0 aromatic heterocycles. The third-order valence-corrected chi connectivity index (χ3v) is 4.37. The Morgan fingerprint density at radius 1 is 1.19 bits per heavy atom. The maximum atomic E-state index is 6.01. The number of thiocarbonyl (C=S) groups is 1. The van der Waals surface area contributed by atoms with Gasteiger partial charge in [-0.2, -0.15) is 0 Å². The molecular weight excluding hydrogens is 278 g/mol. The summed E-state index contributed by atoms with van der Waals surface area (Å²) < 4.78 is 6.01. The minimum atomic E-state index is -0.0984. The van der Waals surface area contributed by atoms with Crippen LogP contribution in [0, 0.1) is 12.3 Å². The highest BCUT2D eigenvalue weighted by atomic mass is 32.1. The van der Waals surface area contributed by atoms with Gasteiger partial charge in [-0.25, -0.2) is 0 Å². The van der Waals surface area contributed by atoms with E-state index in [1.807, 2.05) is 0 Å². The molecular formula is C18H29NOS. The molecule has 0 heterocycles. The summed E-state index contributed by atoms with van der Waals surface area (Å²) in [5.41, 5.74) is 8.26. The van der Waals surface area contributed by atoms with Crippen molar-refractivity contribution in [3.05, 3.63) is 29.3 Å². The molecule has 0 unspecified atom stereocenters. The molecule has 21 heavy (non-hydrogen) atoms. The van der Waals surface area contributed by atoms with E-state index in [-0.39, 0.29) is 10.8 Å². The quantitative estimate of drug-likeness (QED) is 0.607. The summed E-state index contributed by atoms with van der Waals surface area (Å²) in [6.45, 7) is 13.6. The van der Waals surface area contributed by atoms with Gasteiger partial charge in [0.2, 0.25) is 0 Å². The summed E-state index contributed by atoms with van der Waals surface area (Å²) in [4.78, 5) is 0.577. The number of hydrogen-bond acceptors (Lipinski definition) is 2. The second kappa shape index (κ2) is 6.78. The van der Waals surface area contributed by atoms with Gasteiger partial charge in [0.05, 0.1) is 11.6 Å². The first-order valence-electron chi connectivity index (χ1n) is 7.58. The number of ether oxygens (including phenoxy) is 1. The summed E-state index contributed by atoms with van der Waals surface area (Å²) in [5.74, 6) is 0.987. The number of aryl methyl sites for hydroxylation is 1. The van der Waals surface area contributed by atoms with Gasteiger partial charge in [0.1, 0.15) is 5.75 Å². The lowest BCUT2D eigenvalue weighted by Crippen LogP contribution is -2.30. The largest absolute Gasteiger partial charge is 0.493 e. The molecule has 0 aliphatic carbocycles. The molecule has 0 aliphatic heterocycles. The summed E-state index contributed by atoms with van der Waals surface area (Å²) >= 11 is 5.10. The Bertz CT molecular complexity index is 500. The van der Waals surface area contributed by atoms with Gasteiger partial charge in [0.25, 0.3) is 0 Å². The number of rotatable bonds is 6. The van der Waals surface area contributed by atoms with Crippen LogP contribution in [0.5, 0.6) is 5.75 Å². The van der Waals surface area contributed by atoms with Gasteiger partial charge in [0.15, 0.2) is 0 Å². The van der Waals surface area contributed by atoms with Crippen LogP contribution in [0.1, 0.15) is 58.6 Å². The molecule has 1 rings (SSSR count). The fourth-order valence-corrected chi connectivity index (χ4v) is 2.28. The van der Waals surface area contributed by atoms with Crippen LogP contribution in [0.25, 0.3) is 0 Å². The SMILES string of the molecule is Cc1ccc(OCCCC(C)(C)C(N)=S)c(C(C)(C)C)c1. The number of benzene rings is 1. The second-order valence-electron chi connectivity index (χ2n) is 7.45. The standard InChI is InChI=1S/C18H29NOS/c1-13-8-9-15(14(12-13)17(2,3)4)20-11-7-10-18(5,6)16(19)21/h8-9,12H,7,10-11H2,1-6H3,(H2,19,21). The van der Waals surface area contributed by atoms with E-state index in [2.05, 4.69) is 59.7 Å². The van der Waals surface area contributed by atoms with Gasteiger partial charge in [-0.05, 0) is 36.8 Å². The lowest BCUT2D eigenvalue weighted by molar-refractivity contribution is 0.281. The van der Waals surface area contributed by atoms with E-state index in [1.165, 1.54) is 11.1 Å². The predicted molar refractivity (Wildman–Crippen MR) is 95.2 cm³/mol. The van der Waals surface area contributed by atoms with Gasteiger partial charge in [-0.1, -0.05) is 64.5 Å². The Labute approximate surface area is 135 Å². The third kappa shape index (κ3) is 5.31. The van der Waals surface area contributed by atoms with Crippen LogP contribution in [0.15, 0.2) is 18.2 Å². The van der Waals surface area contributed by atoms with Crippen LogP contribution >= 0.6 is 12.2 Å². The average Bonchev–Trinajstić information content (AvgIpc) is 2.34. The van der Waals surface area contributed by atoms with E-state index < -0.39 is 0 Å². The zero-order valence-electron chi connectivity index (χ0n) is 14.2. The average molecular weight is 308 g/mol. The number of hydrogen-bond donors (Lipinski definition) is 1. The summed E-state index contributed by atoms with van der Waals surface area (Å²) in [6.07, 6.45) is 1.89. The lowest BCUT2D eigenvalue weighted by atomic mass is 9.85. The van der Waals surface area contributed by atoms with Crippen molar-refractivity contribution in [3.8, 4) is 5.75 Å². The van der Waals surface area contributed by atoms with Crippen molar-refractivity contribution in [2.45, 2.75) is 59.8 Å². The summed E-state index contributed by atoms with van der Waals surface area (Å²) in [5, 5.41) is 0. The molecule has 0 bridgehead atoms. The monoisotopic (exact) mass is 307 g/mol. The van der Waals surface area contributed by atoms with Crippen LogP contribution in [-0.4, -0.2) is 11.6 Å². The van der Waals surface area contributed by atoms with Crippen molar-refractivity contribution < 1.29 is 4.74 Å². The van der Waals surface area contributed by atoms with Crippen LogP contribution < -0.4 is 10.5 Å². The van der Waals surface area contributed by atoms with Crippen molar-refractivity contribution in [2.75, 3.05) is 6.61 Å². The molecule has 0 radical (unpaired) electrons. The van der Waals surface area contributed by atoms with Crippen molar-refractivity contribution in [3.63, 3.8) is 0 Å². The van der Waals surface area contributed by atoms with E-state index in [0.717, 1.165) is 18.6 Å². The molecule has 2 nitrogen and oxygen atoms in total. The first-order chi connectivity index (χ1) is 9.54. The Hall–Kier alpha value is -1.09. The minimum Gasteiger partial charge on any atom is -0.493 e. The van der Waals surface area contributed by atoms with Crippen molar-refractivity contribution in [2.24, 2.45) is 11.1 Å². The van der Waals surface area contributed by atoms with E-state index in [1.54, 1.807) is 0 Å². The van der Waals surface area contributed by atoms with E-state index in [4.69, 9.17) is 22.7 Å².